The molecule has 0 bridgehead atoms. The van der Waals surface area contributed by atoms with E-state index >= 15 is 0 Å². The van der Waals surface area contributed by atoms with Crippen molar-refractivity contribution >= 4 is 28.4 Å². The van der Waals surface area contributed by atoms with Gasteiger partial charge < -0.3 is 10.5 Å². The number of ether oxygens (including phenoxy) is 1. The van der Waals surface area contributed by atoms with Gasteiger partial charge in [-0.2, -0.15) is 0 Å². The Bertz CT molecular complexity index is 576. The van der Waals surface area contributed by atoms with Gasteiger partial charge >= 0.3 is 5.97 Å². The Morgan fingerprint density at radius 1 is 1.33 bits per heavy atom. The number of unbranched alkanes of at least 4 members (excludes halogenated alkanes) is 1. The third-order valence-electron chi connectivity index (χ3n) is 2.81. The van der Waals surface area contributed by atoms with Crippen molar-refractivity contribution in [2.75, 3.05) is 20.2 Å². The number of methoxy groups -OCH3 is 1. The van der Waals surface area contributed by atoms with Crippen LogP contribution in [0.2, 0.25) is 0 Å². The second-order valence-electron chi connectivity index (χ2n) is 4.37. The SMILES string of the molecule is COC(=O)c1ccc(S(=O)(=O)NCCCCN)c(C)c1.Cl. The lowest BCUT2D eigenvalue weighted by atomic mass is 10.1. The number of carbonyl (C=O) groups is 1. The van der Waals surface area contributed by atoms with Gasteiger partial charge in [0, 0.05) is 6.54 Å². The predicted octanol–water partition coefficient (Wildman–Crippen LogP) is 1.22. The van der Waals surface area contributed by atoms with Gasteiger partial charge in [-0.3, -0.25) is 0 Å². The summed E-state index contributed by atoms with van der Waals surface area (Å²) in [7, 11) is -2.28. The van der Waals surface area contributed by atoms with E-state index in [4.69, 9.17) is 5.73 Å². The summed E-state index contributed by atoms with van der Waals surface area (Å²) in [6.07, 6.45) is 1.46. The minimum absolute atomic E-state index is 0. The molecule has 0 aliphatic carbocycles. The molecule has 21 heavy (non-hydrogen) atoms. The molecule has 0 unspecified atom stereocenters. The third-order valence-corrected chi connectivity index (χ3v) is 4.43. The van der Waals surface area contributed by atoms with Crippen molar-refractivity contribution in [3.8, 4) is 0 Å². The van der Waals surface area contributed by atoms with Crippen LogP contribution < -0.4 is 10.5 Å². The zero-order valence-corrected chi connectivity index (χ0v) is 13.7. The highest BCUT2D eigenvalue weighted by Crippen LogP contribution is 2.17. The molecular weight excluding hydrogens is 316 g/mol. The molecule has 0 saturated heterocycles. The third kappa shape index (κ3) is 5.62. The maximum absolute atomic E-state index is 12.1. The summed E-state index contributed by atoms with van der Waals surface area (Å²) in [6, 6.07) is 4.35. The largest absolute Gasteiger partial charge is 0.465 e. The highest BCUT2D eigenvalue weighted by atomic mass is 35.5. The number of nitrogens with two attached hydrogens (primary N) is 1. The molecule has 0 radical (unpaired) electrons. The molecular formula is C13H21ClN2O4S. The van der Waals surface area contributed by atoms with Crippen LogP contribution in [0, 0.1) is 6.92 Å². The van der Waals surface area contributed by atoms with E-state index in [0.717, 1.165) is 6.42 Å². The number of rotatable bonds is 7. The van der Waals surface area contributed by atoms with Gasteiger partial charge in [0.05, 0.1) is 17.6 Å². The molecule has 8 heteroatoms. The molecule has 1 aromatic carbocycles. The lowest BCUT2D eigenvalue weighted by molar-refractivity contribution is 0.0600. The van der Waals surface area contributed by atoms with Gasteiger partial charge in [0.2, 0.25) is 10.0 Å². The Kier molecular flexibility index (Phi) is 8.50. The van der Waals surface area contributed by atoms with E-state index < -0.39 is 16.0 Å². The molecule has 0 heterocycles. The molecule has 6 nitrogen and oxygen atoms in total. The molecule has 120 valence electrons. The van der Waals surface area contributed by atoms with E-state index in [-0.39, 0.29) is 17.3 Å². The molecule has 1 rings (SSSR count). The quantitative estimate of drug-likeness (QED) is 0.576. The summed E-state index contributed by atoms with van der Waals surface area (Å²) in [4.78, 5) is 11.5. The lowest BCUT2D eigenvalue weighted by Crippen LogP contribution is -2.26. The van der Waals surface area contributed by atoms with E-state index in [2.05, 4.69) is 9.46 Å². The van der Waals surface area contributed by atoms with Gasteiger partial charge in [0.1, 0.15) is 0 Å². The van der Waals surface area contributed by atoms with Crippen molar-refractivity contribution in [3.05, 3.63) is 29.3 Å². The van der Waals surface area contributed by atoms with E-state index in [9.17, 15) is 13.2 Å². The normalized spacial score (nSPS) is 10.8. The van der Waals surface area contributed by atoms with Crippen LogP contribution in [0.1, 0.15) is 28.8 Å². The van der Waals surface area contributed by atoms with Crippen molar-refractivity contribution in [2.24, 2.45) is 5.73 Å². The van der Waals surface area contributed by atoms with E-state index in [1.165, 1.54) is 25.3 Å². The minimum atomic E-state index is -3.56. The number of benzene rings is 1. The fourth-order valence-corrected chi connectivity index (χ4v) is 3.05. The zero-order valence-electron chi connectivity index (χ0n) is 12.1. The molecule has 0 aliphatic heterocycles. The average molecular weight is 337 g/mol. The monoisotopic (exact) mass is 336 g/mol. The second kappa shape index (κ2) is 8.99. The highest BCUT2D eigenvalue weighted by molar-refractivity contribution is 7.89. The first kappa shape index (κ1) is 19.9. The number of sulfonamides is 1. The van der Waals surface area contributed by atoms with Crippen molar-refractivity contribution in [3.63, 3.8) is 0 Å². The summed E-state index contributed by atoms with van der Waals surface area (Å²) in [5, 5.41) is 0. The van der Waals surface area contributed by atoms with Gasteiger partial charge in [-0.25, -0.2) is 17.9 Å². The second-order valence-corrected chi connectivity index (χ2v) is 6.10. The first-order valence-electron chi connectivity index (χ1n) is 6.31. The first-order valence-corrected chi connectivity index (χ1v) is 7.79. The molecule has 0 amide bonds. The standard InChI is InChI=1S/C13H20N2O4S.ClH/c1-10-9-11(13(16)19-2)5-6-12(10)20(17,18)15-8-4-3-7-14;/h5-6,9,15H,3-4,7-8,14H2,1-2H3;1H. The fraction of sp³-hybridized carbons (Fsp3) is 0.462. The Labute approximate surface area is 131 Å². The Balaban J connectivity index is 0.00000400. The van der Waals surface area contributed by atoms with Gasteiger partial charge in [0.25, 0.3) is 0 Å². The Morgan fingerprint density at radius 2 is 2.00 bits per heavy atom. The van der Waals surface area contributed by atoms with Crippen LogP contribution in [0.15, 0.2) is 23.1 Å². The number of aryl methyl sites for hydroxylation is 1. The van der Waals surface area contributed by atoms with Crippen molar-refractivity contribution < 1.29 is 17.9 Å². The van der Waals surface area contributed by atoms with Crippen LogP contribution in [-0.2, 0) is 14.8 Å². The number of nitrogens with one attached hydrogen (secondary N) is 1. The molecule has 3 N–H and O–H groups in total. The summed E-state index contributed by atoms with van der Waals surface area (Å²) in [6.45, 7) is 2.52. The topological polar surface area (TPSA) is 98.5 Å². The first-order chi connectivity index (χ1) is 9.42. The number of hydrogen-bond donors (Lipinski definition) is 2. The maximum Gasteiger partial charge on any atom is 0.337 e. The van der Waals surface area contributed by atoms with Gasteiger partial charge in [-0.1, -0.05) is 0 Å². The highest BCUT2D eigenvalue weighted by Gasteiger charge is 2.17. The summed E-state index contributed by atoms with van der Waals surface area (Å²) in [5.41, 5.74) is 6.18. The van der Waals surface area contributed by atoms with Crippen LogP contribution in [0.3, 0.4) is 0 Å². The Hall–Kier alpha value is -1.15. The molecule has 1 aromatic rings. The van der Waals surface area contributed by atoms with Crippen LogP contribution in [0.25, 0.3) is 0 Å². The number of esters is 1. The maximum atomic E-state index is 12.1. The van der Waals surface area contributed by atoms with Crippen LogP contribution >= 0.6 is 12.4 Å². The molecule has 0 aromatic heterocycles. The Morgan fingerprint density at radius 3 is 2.52 bits per heavy atom. The van der Waals surface area contributed by atoms with Gasteiger partial charge in [-0.05, 0) is 50.1 Å². The number of halogens is 1. The summed E-state index contributed by atoms with van der Waals surface area (Å²) < 4.78 is 31.3. The van der Waals surface area contributed by atoms with Crippen molar-refractivity contribution in [2.45, 2.75) is 24.7 Å². The van der Waals surface area contributed by atoms with E-state index in [1.54, 1.807) is 6.92 Å². The lowest BCUT2D eigenvalue weighted by Gasteiger charge is -2.10. The van der Waals surface area contributed by atoms with Crippen LogP contribution in [0.4, 0.5) is 0 Å². The summed E-state index contributed by atoms with van der Waals surface area (Å²) in [5.74, 6) is -0.493. The fourth-order valence-electron chi connectivity index (χ4n) is 1.75. The molecule has 0 aliphatic rings. The molecule has 0 fully saturated rings. The van der Waals surface area contributed by atoms with Crippen molar-refractivity contribution in [1.82, 2.24) is 4.72 Å². The summed E-state index contributed by atoms with van der Waals surface area (Å²) >= 11 is 0. The number of hydrogen-bond acceptors (Lipinski definition) is 5. The van der Waals surface area contributed by atoms with Crippen LogP contribution in [0.5, 0.6) is 0 Å². The predicted molar refractivity (Wildman–Crippen MR) is 83.2 cm³/mol. The number of carbonyl (C=O) groups excluding carboxylic acids is 1. The van der Waals surface area contributed by atoms with Gasteiger partial charge in [0.15, 0.2) is 0 Å². The van der Waals surface area contributed by atoms with Gasteiger partial charge in [-0.15, -0.1) is 12.4 Å². The van der Waals surface area contributed by atoms with E-state index in [0.29, 0.717) is 30.6 Å². The van der Waals surface area contributed by atoms with E-state index in [1.807, 2.05) is 0 Å². The molecule has 0 spiro atoms. The molecule has 0 atom stereocenters. The minimum Gasteiger partial charge on any atom is -0.465 e. The van der Waals surface area contributed by atoms with Crippen molar-refractivity contribution in [1.29, 1.82) is 0 Å². The zero-order chi connectivity index (χ0) is 15.2. The van der Waals surface area contributed by atoms with Crippen LogP contribution in [-0.4, -0.2) is 34.6 Å². The smallest absolute Gasteiger partial charge is 0.337 e. The molecule has 0 saturated carbocycles. The average Bonchev–Trinajstić information content (AvgIpc) is 2.42.